The topological polar surface area (TPSA) is 43.9 Å². The number of hydrogen-bond donors (Lipinski definition) is 0. The molecule has 0 aromatic heterocycles. The molecule has 1 fully saturated rings. The summed E-state index contributed by atoms with van der Waals surface area (Å²) in [4.78, 5) is 33.9. The molecular formula is C28H27N3O2S. The monoisotopic (exact) mass is 469 g/mol. The van der Waals surface area contributed by atoms with Gasteiger partial charge >= 0.3 is 0 Å². The van der Waals surface area contributed by atoms with Gasteiger partial charge in [-0.1, -0.05) is 54.2 Å². The predicted octanol–water partition coefficient (Wildman–Crippen LogP) is 5.07. The second-order valence-electron chi connectivity index (χ2n) is 8.63. The number of benzene rings is 3. The molecule has 172 valence electrons. The first-order valence-corrected chi connectivity index (χ1v) is 12.3. The summed E-state index contributed by atoms with van der Waals surface area (Å²) in [5.41, 5.74) is 4.76. The summed E-state index contributed by atoms with van der Waals surface area (Å²) in [6.07, 6.45) is 1.95. The molecule has 0 aliphatic carbocycles. The van der Waals surface area contributed by atoms with Crippen molar-refractivity contribution in [2.24, 2.45) is 0 Å². The first-order valence-electron chi connectivity index (χ1n) is 11.5. The molecule has 5 nitrogen and oxygen atoms in total. The number of carbonyl (C=O) groups excluding carboxylic acids is 2. The van der Waals surface area contributed by atoms with Crippen molar-refractivity contribution < 1.29 is 9.59 Å². The van der Waals surface area contributed by atoms with Crippen LogP contribution in [0.2, 0.25) is 0 Å². The number of para-hydroxylation sites is 1. The number of piperazine rings is 1. The highest BCUT2D eigenvalue weighted by atomic mass is 32.2. The van der Waals surface area contributed by atoms with Crippen LogP contribution in [0.4, 0.5) is 11.4 Å². The number of amides is 2. The Labute approximate surface area is 204 Å². The van der Waals surface area contributed by atoms with Gasteiger partial charge in [-0.15, -0.1) is 0 Å². The number of nitrogens with zero attached hydrogens (tertiary/aromatic N) is 3. The SMILES string of the molecule is Cc1ccccc1C=C1Sc2ccc(C(=O)N3CCN(c4ccccc4)CC3)cc2N(C)C1=O. The minimum atomic E-state index is -0.0539. The van der Waals surface area contributed by atoms with Gasteiger partial charge in [0.15, 0.2) is 0 Å². The van der Waals surface area contributed by atoms with E-state index in [9.17, 15) is 9.59 Å². The van der Waals surface area contributed by atoms with Crippen LogP contribution < -0.4 is 9.80 Å². The van der Waals surface area contributed by atoms with Crippen LogP contribution in [0.15, 0.2) is 82.6 Å². The zero-order chi connectivity index (χ0) is 23.7. The number of thioether (sulfide) groups is 1. The highest BCUT2D eigenvalue weighted by Gasteiger charge is 2.29. The van der Waals surface area contributed by atoms with E-state index in [1.165, 1.54) is 17.4 Å². The lowest BCUT2D eigenvalue weighted by Gasteiger charge is -2.36. The standard InChI is InChI=1S/C28H27N3O2S/c1-20-8-6-7-9-21(20)19-26-28(33)29(2)24-18-22(12-13-25(24)34-26)27(32)31-16-14-30(15-17-31)23-10-4-3-5-11-23/h3-13,18-19H,14-17H2,1-2H3. The Balaban J connectivity index is 1.32. The Morgan fingerprint density at radius 2 is 1.62 bits per heavy atom. The van der Waals surface area contributed by atoms with E-state index in [0.29, 0.717) is 23.6 Å². The van der Waals surface area contributed by atoms with Crippen molar-refractivity contribution in [1.82, 2.24) is 4.90 Å². The fourth-order valence-electron chi connectivity index (χ4n) is 4.41. The van der Waals surface area contributed by atoms with Gasteiger partial charge in [0.2, 0.25) is 0 Å². The second kappa shape index (κ2) is 9.39. The van der Waals surface area contributed by atoms with Crippen LogP contribution in [0.3, 0.4) is 0 Å². The molecule has 0 spiro atoms. The summed E-state index contributed by atoms with van der Waals surface area (Å²) in [5, 5.41) is 0. The van der Waals surface area contributed by atoms with Crippen molar-refractivity contribution in [2.75, 3.05) is 43.0 Å². The van der Waals surface area contributed by atoms with E-state index in [0.717, 1.165) is 34.8 Å². The fourth-order valence-corrected chi connectivity index (χ4v) is 5.49. The largest absolute Gasteiger partial charge is 0.368 e. The molecule has 2 amide bonds. The van der Waals surface area contributed by atoms with Crippen LogP contribution in [-0.2, 0) is 4.79 Å². The second-order valence-corrected chi connectivity index (χ2v) is 9.71. The lowest BCUT2D eigenvalue weighted by Crippen LogP contribution is -2.48. The highest BCUT2D eigenvalue weighted by Crippen LogP contribution is 2.42. The molecule has 1 saturated heterocycles. The van der Waals surface area contributed by atoms with Crippen molar-refractivity contribution in [3.8, 4) is 0 Å². The lowest BCUT2D eigenvalue weighted by molar-refractivity contribution is -0.114. The molecule has 2 aliphatic heterocycles. The molecule has 0 N–H and O–H groups in total. The van der Waals surface area contributed by atoms with Crippen LogP contribution in [0.1, 0.15) is 21.5 Å². The van der Waals surface area contributed by atoms with Crippen LogP contribution in [0.25, 0.3) is 6.08 Å². The van der Waals surface area contributed by atoms with Crippen LogP contribution in [0, 0.1) is 6.92 Å². The van der Waals surface area contributed by atoms with E-state index in [1.54, 1.807) is 11.9 Å². The van der Waals surface area contributed by atoms with Gasteiger partial charge in [0.05, 0.1) is 10.6 Å². The highest BCUT2D eigenvalue weighted by molar-refractivity contribution is 8.04. The maximum absolute atomic E-state index is 13.2. The van der Waals surface area contributed by atoms with E-state index in [1.807, 2.05) is 78.6 Å². The Kier molecular flexibility index (Phi) is 6.16. The smallest absolute Gasteiger partial charge is 0.264 e. The van der Waals surface area contributed by atoms with Gasteiger partial charge < -0.3 is 14.7 Å². The summed E-state index contributed by atoms with van der Waals surface area (Å²) in [6, 6.07) is 24.0. The third-order valence-corrected chi connectivity index (χ3v) is 7.54. The third kappa shape index (κ3) is 4.33. The molecule has 3 aromatic carbocycles. The Morgan fingerprint density at radius 3 is 2.35 bits per heavy atom. The van der Waals surface area contributed by atoms with Crippen molar-refractivity contribution in [1.29, 1.82) is 0 Å². The number of aryl methyl sites for hydroxylation is 1. The van der Waals surface area contributed by atoms with Crippen LogP contribution in [0.5, 0.6) is 0 Å². The normalized spacial score (nSPS) is 17.2. The summed E-state index contributed by atoms with van der Waals surface area (Å²) in [7, 11) is 1.78. The third-order valence-electron chi connectivity index (χ3n) is 6.47. The van der Waals surface area contributed by atoms with Crippen molar-refractivity contribution in [2.45, 2.75) is 11.8 Å². The van der Waals surface area contributed by atoms with Crippen molar-refractivity contribution in [3.05, 3.63) is 94.4 Å². The first-order chi connectivity index (χ1) is 16.5. The summed E-state index contributed by atoms with van der Waals surface area (Å²) in [5.74, 6) is -0.0376. The minimum Gasteiger partial charge on any atom is -0.368 e. The van der Waals surface area contributed by atoms with Gasteiger partial charge in [-0.05, 0) is 54.5 Å². The van der Waals surface area contributed by atoms with E-state index in [4.69, 9.17) is 0 Å². The van der Waals surface area contributed by atoms with Gasteiger partial charge in [-0.25, -0.2) is 0 Å². The molecule has 2 heterocycles. The predicted molar refractivity (Wildman–Crippen MR) is 139 cm³/mol. The molecule has 5 rings (SSSR count). The van der Waals surface area contributed by atoms with E-state index in [-0.39, 0.29) is 11.8 Å². The van der Waals surface area contributed by atoms with Crippen LogP contribution in [-0.4, -0.2) is 49.9 Å². The summed E-state index contributed by atoms with van der Waals surface area (Å²) in [6.45, 7) is 5.01. The molecule has 0 radical (unpaired) electrons. The Hall–Kier alpha value is -3.51. The maximum Gasteiger partial charge on any atom is 0.264 e. The van der Waals surface area contributed by atoms with E-state index in [2.05, 4.69) is 17.0 Å². The Bertz CT molecular complexity index is 1260. The molecule has 0 atom stereocenters. The van der Waals surface area contributed by atoms with E-state index < -0.39 is 0 Å². The lowest BCUT2D eigenvalue weighted by atomic mass is 10.1. The van der Waals surface area contributed by atoms with Crippen LogP contribution >= 0.6 is 11.8 Å². The summed E-state index contributed by atoms with van der Waals surface area (Å²) >= 11 is 1.46. The quantitative estimate of drug-likeness (QED) is 0.503. The number of fused-ring (bicyclic) bond motifs is 1. The fraction of sp³-hybridized carbons (Fsp3) is 0.214. The average molecular weight is 470 g/mol. The van der Waals surface area contributed by atoms with Crippen molar-refractivity contribution >= 4 is 41.0 Å². The molecule has 3 aromatic rings. The number of anilines is 2. The number of rotatable bonds is 3. The molecule has 0 saturated carbocycles. The average Bonchev–Trinajstić information content (AvgIpc) is 2.88. The van der Waals surface area contributed by atoms with E-state index >= 15 is 0 Å². The number of likely N-dealkylation sites (N-methyl/N-ethyl adjacent to an activating group) is 1. The molecule has 2 aliphatic rings. The van der Waals surface area contributed by atoms with Gasteiger partial charge in [0.1, 0.15) is 0 Å². The zero-order valence-corrected chi connectivity index (χ0v) is 20.2. The first kappa shape index (κ1) is 22.3. The van der Waals surface area contributed by atoms with Gasteiger partial charge in [0.25, 0.3) is 11.8 Å². The van der Waals surface area contributed by atoms with Gasteiger partial charge in [-0.3, -0.25) is 9.59 Å². The molecule has 6 heteroatoms. The van der Waals surface area contributed by atoms with Gasteiger partial charge in [0, 0.05) is 49.4 Å². The zero-order valence-electron chi connectivity index (χ0n) is 19.4. The number of carbonyl (C=O) groups is 2. The summed E-state index contributed by atoms with van der Waals surface area (Å²) < 4.78 is 0. The van der Waals surface area contributed by atoms with Gasteiger partial charge in [-0.2, -0.15) is 0 Å². The minimum absolute atomic E-state index is 0.0163. The molecule has 0 bridgehead atoms. The number of hydrogen-bond acceptors (Lipinski definition) is 4. The Morgan fingerprint density at radius 1 is 0.912 bits per heavy atom. The molecule has 34 heavy (non-hydrogen) atoms. The maximum atomic E-state index is 13.2. The van der Waals surface area contributed by atoms with Crippen molar-refractivity contribution in [3.63, 3.8) is 0 Å². The molecular weight excluding hydrogens is 442 g/mol. The molecule has 0 unspecified atom stereocenters.